The van der Waals surface area contributed by atoms with Crippen LogP contribution in [0.5, 0.6) is 0 Å². The summed E-state index contributed by atoms with van der Waals surface area (Å²) in [7, 11) is 0. The molecule has 0 bridgehead atoms. The lowest BCUT2D eigenvalue weighted by atomic mass is 10.2. The van der Waals surface area contributed by atoms with Gasteiger partial charge in [0.05, 0.1) is 16.8 Å². The number of alkyl halides is 2. The van der Waals surface area contributed by atoms with Crippen LogP contribution in [0.3, 0.4) is 0 Å². The molecule has 30 heavy (non-hydrogen) atoms. The lowest BCUT2D eigenvalue weighted by Crippen LogP contribution is -2.32. The van der Waals surface area contributed by atoms with Crippen molar-refractivity contribution in [3.05, 3.63) is 69.7 Å². The number of nitrogens with one attached hydrogen (secondary N) is 1. The topological polar surface area (TPSA) is 59.8 Å². The van der Waals surface area contributed by atoms with Gasteiger partial charge < -0.3 is 5.32 Å². The Labute approximate surface area is 196 Å². The van der Waals surface area contributed by atoms with Crippen molar-refractivity contribution in [1.29, 1.82) is 0 Å². The SMILES string of the molecule is CC(NC(=O)C(Cl)Cl)c1nnc(SCc2ccc(F)cc2)n1-c1ccc(Cl)cc1Cl. The number of aromatic nitrogens is 3. The molecule has 1 unspecified atom stereocenters. The van der Waals surface area contributed by atoms with Gasteiger partial charge in [-0.25, -0.2) is 4.39 Å². The number of rotatable bonds is 7. The Kier molecular flexibility index (Phi) is 7.87. The summed E-state index contributed by atoms with van der Waals surface area (Å²) >= 11 is 25.1. The summed E-state index contributed by atoms with van der Waals surface area (Å²) in [4.78, 5) is 10.7. The number of hydrogen-bond acceptors (Lipinski definition) is 4. The summed E-state index contributed by atoms with van der Waals surface area (Å²) in [6.45, 7) is 1.73. The summed E-state index contributed by atoms with van der Waals surface area (Å²) in [5.41, 5.74) is 1.50. The maximum Gasteiger partial charge on any atom is 0.253 e. The molecule has 1 N–H and O–H groups in total. The van der Waals surface area contributed by atoms with E-state index >= 15 is 0 Å². The molecule has 1 atom stereocenters. The molecule has 0 spiro atoms. The number of carbonyl (C=O) groups is 1. The van der Waals surface area contributed by atoms with Crippen molar-refractivity contribution in [2.24, 2.45) is 0 Å². The quantitative estimate of drug-likeness (QED) is 0.315. The highest BCUT2D eigenvalue weighted by Crippen LogP contribution is 2.32. The van der Waals surface area contributed by atoms with Crippen molar-refractivity contribution < 1.29 is 9.18 Å². The minimum Gasteiger partial charge on any atom is -0.344 e. The summed E-state index contributed by atoms with van der Waals surface area (Å²) in [5, 5.41) is 12.6. The van der Waals surface area contributed by atoms with Gasteiger partial charge in [-0.2, -0.15) is 0 Å². The van der Waals surface area contributed by atoms with Crippen molar-refractivity contribution in [3.63, 3.8) is 0 Å². The highest BCUT2D eigenvalue weighted by molar-refractivity contribution is 7.98. The van der Waals surface area contributed by atoms with Crippen LogP contribution in [0.25, 0.3) is 5.69 Å². The Hall–Kier alpha value is -1.51. The second-order valence-electron chi connectivity index (χ2n) is 6.22. The first-order valence-corrected chi connectivity index (χ1v) is 11.2. The second-order valence-corrected chi connectivity index (χ2v) is 9.10. The number of halogens is 5. The van der Waals surface area contributed by atoms with Crippen molar-refractivity contribution in [2.75, 3.05) is 0 Å². The summed E-state index contributed by atoms with van der Waals surface area (Å²) in [6.07, 6.45) is 0. The molecule has 0 aliphatic heterocycles. The molecule has 0 aliphatic rings. The van der Waals surface area contributed by atoms with E-state index in [2.05, 4.69) is 15.5 Å². The van der Waals surface area contributed by atoms with Crippen molar-refractivity contribution in [3.8, 4) is 5.69 Å². The molecule has 11 heteroatoms. The van der Waals surface area contributed by atoms with E-state index in [-0.39, 0.29) is 5.82 Å². The molecule has 0 saturated heterocycles. The van der Waals surface area contributed by atoms with E-state index in [1.807, 2.05) is 0 Å². The Morgan fingerprint density at radius 2 is 1.87 bits per heavy atom. The lowest BCUT2D eigenvalue weighted by Gasteiger charge is -2.17. The minimum absolute atomic E-state index is 0.302. The smallest absolute Gasteiger partial charge is 0.253 e. The normalized spacial score (nSPS) is 12.2. The van der Waals surface area contributed by atoms with Crippen molar-refractivity contribution in [2.45, 2.75) is 28.7 Å². The van der Waals surface area contributed by atoms with E-state index < -0.39 is 16.8 Å². The van der Waals surface area contributed by atoms with E-state index in [0.29, 0.717) is 32.5 Å². The first kappa shape index (κ1) is 23.2. The summed E-state index contributed by atoms with van der Waals surface area (Å²) in [5.74, 6) is 0.102. The predicted octanol–water partition coefficient (Wildman–Crippen LogP) is 5.99. The standard InChI is InChI=1S/C19H15Cl4FN4OS/c1-10(25-18(29)16(22)23)17-26-27-19(30-9-11-2-5-13(24)6-3-11)28(17)15-7-4-12(20)8-14(15)21/h2-8,10,16H,9H2,1H3,(H,25,29). The number of nitrogens with zero attached hydrogens (tertiary/aromatic N) is 3. The Bertz CT molecular complexity index is 1050. The van der Waals surface area contributed by atoms with Crippen LogP contribution in [0, 0.1) is 5.82 Å². The van der Waals surface area contributed by atoms with Gasteiger partial charge in [0.2, 0.25) is 0 Å². The fraction of sp³-hybridized carbons (Fsp3) is 0.211. The number of amides is 1. The maximum absolute atomic E-state index is 13.2. The highest BCUT2D eigenvalue weighted by atomic mass is 35.5. The number of benzene rings is 2. The molecule has 1 amide bonds. The van der Waals surface area contributed by atoms with Crippen LogP contribution >= 0.6 is 58.2 Å². The predicted molar refractivity (Wildman–Crippen MR) is 119 cm³/mol. The summed E-state index contributed by atoms with van der Waals surface area (Å²) in [6, 6.07) is 10.7. The van der Waals surface area contributed by atoms with E-state index in [4.69, 9.17) is 46.4 Å². The van der Waals surface area contributed by atoms with E-state index in [9.17, 15) is 9.18 Å². The van der Waals surface area contributed by atoms with Crippen molar-refractivity contribution >= 4 is 64.1 Å². The molecule has 3 aromatic rings. The molecule has 2 aromatic carbocycles. The van der Waals surface area contributed by atoms with Crippen molar-refractivity contribution in [1.82, 2.24) is 20.1 Å². The van der Waals surface area contributed by atoms with Crippen LogP contribution in [0.2, 0.25) is 10.0 Å². The van der Waals surface area contributed by atoms with Gasteiger partial charge in [0, 0.05) is 10.8 Å². The van der Waals surface area contributed by atoms with Crippen LogP contribution in [0.1, 0.15) is 24.4 Å². The average Bonchev–Trinajstić information content (AvgIpc) is 3.11. The number of hydrogen-bond donors (Lipinski definition) is 1. The number of carbonyl (C=O) groups excluding carboxylic acids is 1. The number of thioether (sulfide) groups is 1. The minimum atomic E-state index is -1.21. The van der Waals surface area contributed by atoms with Gasteiger partial charge in [0.1, 0.15) is 5.82 Å². The van der Waals surface area contributed by atoms with Gasteiger partial charge in [-0.15, -0.1) is 10.2 Å². The zero-order valence-corrected chi connectivity index (χ0v) is 19.3. The van der Waals surface area contributed by atoms with Crippen LogP contribution < -0.4 is 5.32 Å². The van der Waals surface area contributed by atoms with E-state index in [0.717, 1.165) is 5.56 Å². The molecule has 0 fully saturated rings. The fourth-order valence-electron chi connectivity index (χ4n) is 2.61. The maximum atomic E-state index is 13.2. The van der Waals surface area contributed by atoms with Gasteiger partial charge in [0.15, 0.2) is 15.8 Å². The van der Waals surface area contributed by atoms with Crippen LogP contribution in [0.15, 0.2) is 47.6 Å². The molecular weight excluding hydrogens is 493 g/mol. The Morgan fingerprint density at radius 1 is 1.17 bits per heavy atom. The largest absolute Gasteiger partial charge is 0.344 e. The Balaban J connectivity index is 1.96. The molecule has 0 aliphatic carbocycles. The van der Waals surface area contributed by atoms with Gasteiger partial charge in [0.25, 0.3) is 5.91 Å². The lowest BCUT2D eigenvalue weighted by molar-refractivity contribution is -0.120. The van der Waals surface area contributed by atoms with Gasteiger partial charge in [-0.1, -0.05) is 70.3 Å². The third kappa shape index (κ3) is 5.59. The first-order chi connectivity index (χ1) is 14.3. The Morgan fingerprint density at radius 3 is 2.50 bits per heavy atom. The molecular formula is C19H15Cl4FN4OS. The van der Waals surface area contributed by atoms with Gasteiger partial charge >= 0.3 is 0 Å². The molecule has 0 saturated carbocycles. The molecule has 158 valence electrons. The monoisotopic (exact) mass is 506 g/mol. The fourth-order valence-corrected chi connectivity index (χ4v) is 4.14. The molecule has 1 aromatic heterocycles. The highest BCUT2D eigenvalue weighted by Gasteiger charge is 2.24. The van der Waals surface area contributed by atoms with Crippen LogP contribution in [-0.4, -0.2) is 25.5 Å². The van der Waals surface area contributed by atoms with Crippen LogP contribution in [0.4, 0.5) is 4.39 Å². The first-order valence-electron chi connectivity index (χ1n) is 8.62. The molecule has 5 nitrogen and oxygen atoms in total. The molecule has 0 radical (unpaired) electrons. The zero-order valence-electron chi connectivity index (χ0n) is 15.5. The van der Waals surface area contributed by atoms with E-state index in [1.165, 1.54) is 23.9 Å². The third-order valence-electron chi connectivity index (χ3n) is 4.03. The molecule has 1 heterocycles. The summed E-state index contributed by atoms with van der Waals surface area (Å²) < 4.78 is 14.9. The van der Waals surface area contributed by atoms with Gasteiger partial charge in [-0.3, -0.25) is 9.36 Å². The van der Waals surface area contributed by atoms with Crippen LogP contribution in [-0.2, 0) is 10.5 Å². The average molecular weight is 508 g/mol. The zero-order chi connectivity index (χ0) is 21.8. The molecule has 3 rings (SSSR count). The van der Waals surface area contributed by atoms with Gasteiger partial charge in [-0.05, 0) is 42.8 Å². The third-order valence-corrected chi connectivity index (χ3v) is 5.97. The second kappa shape index (κ2) is 10.2. The van der Waals surface area contributed by atoms with E-state index in [1.54, 1.807) is 41.8 Å².